The highest BCUT2D eigenvalue weighted by atomic mass is 16.5. The van der Waals surface area contributed by atoms with Crippen molar-refractivity contribution in [3.63, 3.8) is 0 Å². The van der Waals surface area contributed by atoms with E-state index in [9.17, 15) is 14.7 Å². The molecule has 6 aromatic rings. The number of anilines is 1. The molecular formula is C48H36N2O7. The number of fused-ring (bicyclic) bond motifs is 5. The average Bonchev–Trinajstić information content (AvgIpc) is 3.80. The number of oxazole rings is 1. The van der Waals surface area contributed by atoms with Crippen LogP contribution in [0, 0.1) is 23.7 Å². The number of amides is 2. The van der Waals surface area contributed by atoms with Crippen LogP contribution in [0.15, 0.2) is 150 Å². The largest absolute Gasteiger partial charge is 0.508 e. The molecule has 1 saturated heterocycles. The molecule has 3 aliphatic carbocycles. The van der Waals surface area contributed by atoms with Crippen molar-refractivity contribution < 1.29 is 33.4 Å². The topological polar surface area (TPSA) is 127 Å². The van der Waals surface area contributed by atoms with Crippen molar-refractivity contribution in [3.8, 4) is 23.0 Å². The highest BCUT2D eigenvalue weighted by molar-refractivity contribution is 6.32. The number of hydrogen-bond acceptors (Lipinski definition) is 8. The van der Waals surface area contributed by atoms with Gasteiger partial charge in [0.1, 0.15) is 17.0 Å². The molecule has 280 valence electrons. The molecule has 9 heteroatoms. The lowest BCUT2D eigenvalue weighted by Crippen LogP contribution is -2.58. The molecule has 1 aliphatic heterocycles. The first-order valence-corrected chi connectivity index (χ1v) is 19.1. The Hall–Kier alpha value is -6.87. The van der Waals surface area contributed by atoms with Crippen molar-refractivity contribution in [3.05, 3.63) is 162 Å². The van der Waals surface area contributed by atoms with Gasteiger partial charge in [0.05, 0.1) is 30.0 Å². The molecule has 2 amide bonds. The number of allylic oxidation sites excluding steroid dienone is 4. The fourth-order valence-electron chi connectivity index (χ4n) is 10.2. The van der Waals surface area contributed by atoms with Gasteiger partial charge in [-0.3, -0.25) is 24.1 Å². The third-order valence-electron chi connectivity index (χ3n) is 12.6. The second-order valence-corrected chi connectivity index (χ2v) is 15.3. The first kappa shape index (κ1) is 34.6. The number of ether oxygens (including phenoxy) is 1. The van der Waals surface area contributed by atoms with Crippen LogP contribution in [0.25, 0.3) is 28.1 Å². The number of phenols is 1. The Balaban J connectivity index is 1.11. The molecule has 0 unspecified atom stereocenters. The van der Waals surface area contributed by atoms with E-state index in [1.165, 1.54) is 24.2 Å². The highest BCUT2D eigenvalue weighted by Crippen LogP contribution is 2.64. The summed E-state index contributed by atoms with van der Waals surface area (Å²) >= 11 is 0. The molecule has 0 bridgehead atoms. The molecule has 4 aliphatic rings. The van der Waals surface area contributed by atoms with Crippen LogP contribution in [0.4, 0.5) is 5.69 Å². The Morgan fingerprint density at radius 3 is 2.25 bits per heavy atom. The number of Topliss-reactive ketones (excluding diaryl/α,β-unsaturated/α-hetero) is 1. The first-order chi connectivity index (χ1) is 27.8. The van der Waals surface area contributed by atoms with Crippen molar-refractivity contribution in [1.82, 2.24) is 4.98 Å². The molecule has 1 N–H and O–H groups in total. The first-order valence-electron chi connectivity index (χ1n) is 19.1. The molecule has 9 nitrogen and oxygen atoms in total. The Bertz CT molecular complexity index is 2670. The zero-order chi connectivity index (χ0) is 39.0. The van der Waals surface area contributed by atoms with Crippen LogP contribution in [-0.2, 0) is 24.6 Å². The van der Waals surface area contributed by atoms with Crippen molar-refractivity contribution in [2.24, 2.45) is 23.7 Å². The molecule has 6 atom stereocenters. The summed E-state index contributed by atoms with van der Waals surface area (Å²) in [6.07, 6.45) is 3.96. The number of carbonyl (C=O) groups is 4. The summed E-state index contributed by atoms with van der Waals surface area (Å²) in [7, 11) is 1.50. The maximum atomic E-state index is 15.3. The van der Waals surface area contributed by atoms with E-state index in [2.05, 4.69) is 4.98 Å². The molecule has 0 radical (unpaired) electrons. The number of phenolic OH excluding ortho intramolecular Hbond substituents is 1. The number of nitrogens with zero attached hydrogens (tertiary/aromatic N) is 2. The number of benzene rings is 5. The summed E-state index contributed by atoms with van der Waals surface area (Å²) in [4.78, 5) is 65.6. The van der Waals surface area contributed by atoms with Gasteiger partial charge in [0, 0.05) is 34.6 Å². The molecular weight excluding hydrogens is 717 g/mol. The lowest BCUT2D eigenvalue weighted by molar-refractivity contribution is -0.135. The quantitative estimate of drug-likeness (QED) is 0.133. The predicted octanol–water partition coefficient (Wildman–Crippen LogP) is 8.24. The molecule has 1 aromatic heterocycles. The average molecular weight is 753 g/mol. The molecule has 57 heavy (non-hydrogen) atoms. The number of aromatic nitrogens is 1. The van der Waals surface area contributed by atoms with Crippen LogP contribution in [0.1, 0.15) is 35.4 Å². The molecule has 10 rings (SSSR count). The maximum Gasteiger partial charge on any atom is 0.238 e. The minimum atomic E-state index is -1.41. The van der Waals surface area contributed by atoms with Gasteiger partial charge < -0.3 is 14.3 Å². The minimum Gasteiger partial charge on any atom is -0.508 e. The summed E-state index contributed by atoms with van der Waals surface area (Å²) in [5.74, 6) is -3.95. The SMILES string of the molecule is COc1cc(O)ccc1[C@H]1C2=CC[C@@H]3C(=O)N(c4ccc(-c5nc6ccccc6o5)cc4)C(=O)[C@@H]3[C@@H]2C[C@H]2C(=O)C(c3ccccc3)=CC(=O)[C@@]12c1ccccc1. The van der Waals surface area contributed by atoms with Gasteiger partial charge in [-0.2, -0.15) is 0 Å². The van der Waals surface area contributed by atoms with Crippen molar-refractivity contribution >= 4 is 45.7 Å². The molecule has 2 fully saturated rings. The van der Waals surface area contributed by atoms with Crippen LogP contribution < -0.4 is 9.64 Å². The molecule has 0 spiro atoms. The maximum absolute atomic E-state index is 15.3. The number of imide groups is 1. The van der Waals surface area contributed by atoms with Crippen LogP contribution >= 0.6 is 0 Å². The third-order valence-corrected chi connectivity index (χ3v) is 12.6. The van der Waals surface area contributed by atoms with Gasteiger partial charge in [-0.15, -0.1) is 0 Å². The summed E-state index contributed by atoms with van der Waals surface area (Å²) in [5, 5.41) is 10.6. The summed E-state index contributed by atoms with van der Waals surface area (Å²) in [5.41, 5.74) is 4.16. The van der Waals surface area contributed by atoms with Gasteiger partial charge in [-0.05, 0) is 78.4 Å². The highest BCUT2D eigenvalue weighted by Gasteiger charge is 2.66. The summed E-state index contributed by atoms with van der Waals surface area (Å²) < 4.78 is 11.9. The van der Waals surface area contributed by atoms with Crippen molar-refractivity contribution in [1.29, 1.82) is 0 Å². The second kappa shape index (κ2) is 13.1. The number of methoxy groups -OCH3 is 1. The van der Waals surface area contributed by atoms with E-state index in [4.69, 9.17) is 9.15 Å². The Kier molecular flexibility index (Phi) is 7.97. The molecule has 1 saturated carbocycles. The van der Waals surface area contributed by atoms with E-state index in [1.54, 1.807) is 36.4 Å². The van der Waals surface area contributed by atoms with E-state index in [0.29, 0.717) is 50.7 Å². The van der Waals surface area contributed by atoms with Crippen molar-refractivity contribution in [2.75, 3.05) is 12.0 Å². The van der Waals surface area contributed by atoms with Crippen LogP contribution in [0.5, 0.6) is 11.5 Å². The van der Waals surface area contributed by atoms with Crippen LogP contribution in [0.2, 0.25) is 0 Å². The van der Waals surface area contributed by atoms with Gasteiger partial charge >= 0.3 is 0 Å². The Labute approximate surface area is 327 Å². The third kappa shape index (κ3) is 5.11. The Morgan fingerprint density at radius 2 is 1.51 bits per heavy atom. The lowest BCUT2D eigenvalue weighted by atomic mass is 9.44. The van der Waals surface area contributed by atoms with Crippen LogP contribution in [-0.4, -0.2) is 40.6 Å². The zero-order valence-electron chi connectivity index (χ0n) is 30.9. The number of ketones is 2. The van der Waals surface area contributed by atoms with Crippen molar-refractivity contribution in [2.45, 2.75) is 24.2 Å². The van der Waals surface area contributed by atoms with E-state index in [0.717, 1.165) is 11.1 Å². The summed E-state index contributed by atoms with van der Waals surface area (Å²) in [6, 6.07) is 37.9. The standard InChI is InChI=1S/C48H36N2O7/c1-56-40-24-31(51)20-21-33(40)43-32-22-23-34-42(47(55)50(46(34)54)30-18-16-28(17-19-30)45-49-38-14-8-9-15-39(38)57-45)36(32)25-37-44(53)35(27-10-4-2-5-11-27)26-41(52)48(37,43)29-12-6-3-7-13-29/h2-22,24,26,34,36-37,42-43,51H,23,25H2,1H3/t34-,36+,37-,42-,43+,48-/m0/s1. The Morgan fingerprint density at radius 1 is 0.789 bits per heavy atom. The zero-order valence-corrected chi connectivity index (χ0v) is 30.9. The van der Waals surface area contributed by atoms with Gasteiger partial charge in [0.15, 0.2) is 17.1 Å². The predicted molar refractivity (Wildman–Crippen MR) is 213 cm³/mol. The molecule has 2 heterocycles. The normalized spacial score (nSPS) is 25.4. The van der Waals surface area contributed by atoms with Gasteiger partial charge in [-0.25, -0.2) is 4.98 Å². The smallest absolute Gasteiger partial charge is 0.238 e. The van der Waals surface area contributed by atoms with E-state index in [-0.39, 0.29) is 42.0 Å². The molecule has 5 aromatic carbocycles. The fourth-order valence-corrected chi connectivity index (χ4v) is 10.2. The van der Waals surface area contributed by atoms with Crippen LogP contribution in [0.3, 0.4) is 0 Å². The number of carbonyl (C=O) groups excluding carboxylic acids is 4. The fraction of sp³-hybridized carbons (Fsp3) is 0.188. The van der Waals surface area contributed by atoms with E-state index < -0.39 is 35.0 Å². The summed E-state index contributed by atoms with van der Waals surface area (Å²) in [6.45, 7) is 0. The number of aromatic hydroxyl groups is 1. The van der Waals surface area contributed by atoms with Gasteiger partial charge in [0.2, 0.25) is 17.7 Å². The van der Waals surface area contributed by atoms with Gasteiger partial charge in [-0.1, -0.05) is 90.5 Å². The monoisotopic (exact) mass is 752 g/mol. The lowest BCUT2D eigenvalue weighted by Gasteiger charge is -2.55. The van der Waals surface area contributed by atoms with E-state index >= 15 is 9.59 Å². The second-order valence-electron chi connectivity index (χ2n) is 15.3. The number of para-hydroxylation sites is 2. The number of rotatable bonds is 6. The van der Waals surface area contributed by atoms with Gasteiger partial charge in [0.25, 0.3) is 0 Å². The van der Waals surface area contributed by atoms with E-state index in [1.807, 2.05) is 91.0 Å². The minimum absolute atomic E-state index is 0.0161. The number of hydrogen-bond donors (Lipinski definition) is 1.